The summed E-state index contributed by atoms with van der Waals surface area (Å²) in [5.41, 5.74) is 3.73. The molecule has 1 aliphatic carbocycles. The van der Waals surface area contributed by atoms with Gasteiger partial charge in [-0.15, -0.1) is 0 Å². The van der Waals surface area contributed by atoms with Crippen LogP contribution in [0.5, 0.6) is 0 Å². The van der Waals surface area contributed by atoms with E-state index in [2.05, 4.69) is 9.88 Å². The molecule has 0 unspecified atom stereocenters. The summed E-state index contributed by atoms with van der Waals surface area (Å²) < 4.78 is 7.22. The average Bonchev–Trinajstić information content (AvgIpc) is 3.50. The number of Topliss-reactive ketones (excluding diaryl/α,β-unsaturated/α-hetero) is 1. The number of aryl methyl sites for hydroxylation is 1. The van der Waals surface area contributed by atoms with Crippen molar-refractivity contribution in [3.63, 3.8) is 0 Å². The molecule has 3 rings (SSSR count). The minimum atomic E-state index is -0.851. The van der Waals surface area contributed by atoms with E-state index in [-0.39, 0.29) is 11.4 Å². The first-order valence-electron chi connectivity index (χ1n) is 9.68. The van der Waals surface area contributed by atoms with Gasteiger partial charge in [-0.25, -0.2) is 4.79 Å². The molecule has 7 nitrogen and oxygen atoms in total. The van der Waals surface area contributed by atoms with E-state index in [1.807, 2.05) is 26.0 Å². The van der Waals surface area contributed by atoms with Crippen LogP contribution in [0.25, 0.3) is 6.08 Å². The van der Waals surface area contributed by atoms with Crippen molar-refractivity contribution in [2.75, 3.05) is 11.9 Å². The number of aromatic nitrogens is 1. The van der Waals surface area contributed by atoms with Gasteiger partial charge < -0.3 is 14.6 Å². The van der Waals surface area contributed by atoms with Crippen molar-refractivity contribution >= 4 is 29.4 Å². The molecule has 0 bridgehead atoms. The molecule has 30 heavy (non-hydrogen) atoms. The first-order chi connectivity index (χ1) is 14.3. The first kappa shape index (κ1) is 21.1. The van der Waals surface area contributed by atoms with Gasteiger partial charge >= 0.3 is 5.97 Å². The van der Waals surface area contributed by atoms with Crippen molar-refractivity contribution in [1.29, 1.82) is 5.26 Å². The number of rotatable bonds is 7. The van der Waals surface area contributed by atoms with E-state index in [4.69, 9.17) is 4.74 Å². The van der Waals surface area contributed by atoms with Gasteiger partial charge in [-0.2, -0.15) is 5.26 Å². The zero-order chi connectivity index (χ0) is 21.8. The fourth-order valence-corrected chi connectivity index (χ4v) is 3.33. The van der Waals surface area contributed by atoms with Crippen LogP contribution in [0.2, 0.25) is 0 Å². The third kappa shape index (κ3) is 4.84. The van der Waals surface area contributed by atoms with Crippen LogP contribution < -0.4 is 5.32 Å². The number of anilines is 1. The SMILES string of the molecule is CC(=O)c1ccc(NC(=O)COC(=O)/C(C#N)=C/c2cc(C)n(C3CC3)c2C)cc1. The molecule has 154 valence electrons. The van der Waals surface area contributed by atoms with Gasteiger partial charge in [0.2, 0.25) is 0 Å². The summed E-state index contributed by atoms with van der Waals surface area (Å²) in [4.78, 5) is 35.6. The number of ketones is 1. The summed E-state index contributed by atoms with van der Waals surface area (Å²) in [5, 5.41) is 11.9. The smallest absolute Gasteiger partial charge is 0.349 e. The molecule has 1 aromatic heterocycles. The topological polar surface area (TPSA) is 101 Å². The predicted octanol–water partition coefficient (Wildman–Crippen LogP) is 3.73. The largest absolute Gasteiger partial charge is 0.451 e. The van der Waals surface area contributed by atoms with E-state index < -0.39 is 18.5 Å². The number of hydrogen-bond acceptors (Lipinski definition) is 5. The third-order valence-corrected chi connectivity index (χ3v) is 4.99. The molecule has 1 amide bonds. The van der Waals surface area contributed by atoms with Gasteiger partial charge in [0.15, 0.2) is 12.4 Å². The Bertz CT molecular complexity index is 1070. The van der Waals surface area contributed by atoms with Crippen molar-refractivity contribution in [3.8, 4) is 6.07 Å². The number of amides is 1. The van der Waals surface area contributed by atoms with Crippen LogP contribution in [0.15, 0.2) is 35.9 Å². The number of carbonyl (C=O) groups is 3. The Morgan fingerprint density at radius 3 is 2.47 bits per heavy atom. The molecular weight excluding hydrogens is 382 g/mol. The Morgan fingerprint density at radius 2 is 1.90 bits per heavy atom. The zero-order valence-electron chi connectivity index (χ0n) is 17.2. The summed E-state index contributed by atoms with van der Waals surface area (Å²) in [6, 6.07) is 10.7. The van der Waals surface area contributed by atoms with E-state index in [0.717, 1.165) is 29.8 Å². The normalized spacial score (nSPS) is 13.5. The highest BCUT2D eigenvalue weighted by Gasteiger charge is 2.27. The first-order valence-corrected chi connectivity index (χ1v) is 9.68. The Labute approximate surface area is 174 Å². The van der Waals surface area contributed by atoms with Gasteiger partial charge in [-0.05, 0) is 75.6 Å². The number of benzene rings is 1. The summed E-state index contributed by atoms with van der Waals surface area (Å²) in [6.07, 6.45) is 3.78. The molecule has 0 saturated heterocycles. The number of nitrogens with one attached hydrogen (secondary N) is 1. The fourth-order valence-electron chi connectivity index (χ4n) is 3.33. The van der Waals surface area contributed by atoms with Gasteiger partial charge in [-0.1, -0.05) is 0 Å². The number of nitrogens with zero attached hydrogens (tertiary/aromatic N) is 2. The molecule has 2 aromatic rings. The van der Waals surface area contributed by atoms with E-state index >= 15 is 0 Å². The van der Waals surface area contributed by atoms with Crippen molar-refractivity contribution in [1.82, 2.24) is 4.57 Å². The Kier molecular flexibility index (Phi) is 6.17. The molecule has 1 aliphatic rings. The maximum atomic E-state index is 12.3. The quantitative estimate of drug-likeness (QED) is 0.327. The molecule has 1 aromatic carbocycles. The second-order valence-electron chi connectivity index (χ2n) is 7.36. The minimum Gasteiger partial charge on any atom is -0.451 e. The maximum absolute atomic E-state index is 12.3. The molecular formula is C23H23N3O4. The summed E-state index contributed by atoms with van der Waals surface area (Å²) in [7, 11) is 0. The molecule has 1 heterocycles. The summed E-state index contributed by atoms with van der Waals surface area (Å²) >= 11 is 0. The number of ether oxygens (including phenoxy) is 1. The number of esters is 1. The van der Waals surface area contributed by atoms with E-state index in [1.54, 1.807) is 24.3 Å². The zero-order valence-corrected chi connectivity index (χ0v) is 17.2. The molecule has 0 radical (unpaired) electrons. The highest BCUT2D eigenvalue weighted by atomic mass is 16.5. The summed E-state index contributed by atoms with van der Waals surface area (Å²) in [5.74, 6) is -1.46. The number of hydrogen-bond donors (Lipinski definition) is 1. The lowest BCUT2D eigenvalue weighted by atomic mass is 10.1. The third-order valence-electron chi connectivity index (χ3n) is 4.99. The lowest BCUT2D eigenvalue weighted by Crippen LogP contribution is -2.21. The number of nitriles is 1. The van der Waals surface area contributed by atoms with E-state index in [0.29, 0.717) is 17.3 Å². The van der Waals surface area contributed by atoms with Crippen LogP contribution in [-0.2, 0) is 14.3 Å². The van der Waals surface area contributed by atoms with Gasteiger partial charge in [0.1, 0.15) is 11.6 Å². The Balaban J connectivity index is 1.61. The maximum Gasteiger partial charge on any atom is 0.349 e. The van der Waals surface area contributed by atoms with Gasteiger partial charge in [-0.3, -0.25) is 9.59 Å². The van der Waals surface area contributed by atoms with E-state index in [9.17, 15) is 19.6 Å². The van der Waals surface area contributed by atoms with Gasteiger partial charge in [0.05, 0.1) is 0 Å². The molecule has 0 spiro atoms. The van der Waals surface area contributed by atoms with Crippen molar-refractivity contribution in [2.45, 2.75) is 39.7 Å². The highest BCUT2D eigenvalue weighted by Crippen LogP contribution is 2.38. The van der Waals surface area contributed by atoms with Crippen molar-refractivity contribution < 1.29 is 19.1 Å². The number of carbonyl (C=O) groups excluding carboxylic acids is 3. The molecule has 1 saturated carbocycles. The molecule has 1 N–H and O–H groups in total. The van der Waals surface area contributed by atoms with Crippen LogP contribution in [0.3, 0.4) is 0 Å². The fraction of sp³-hybridized carbons (Fsp3) is 0.304. The van der Waals surface area contributed by atoms with Crippen LogP contribution >= 0.6 is 0 Å². The van der Waals surface area contributed by atoms with Crippen LogP contribution in [0, 0.1) is 25.2 Å². The highest BCUT2D eigenvalue weighted by molar-refractivity contribution is 6.00. The van der Waals surface area contributed by atoms with Crippen LogP contribution in [0.1, 0.15) is 53.1 Å². The predicted molar refractivity (Wildman–Crippen MR) is 112 cm³/mol. The van der Waals surface area contributed by atoms with Crippen LogP contribution in [0.4, 0.5) is 5.69 Å². The molecule has 0 atom stereocenters. The lowest BCUT2D eigenvalue weighted by Gasteiger charge is -2.07. The molecule has 0 aliphatic heterocycles. The van der Waals surface area contributed by atoms with E-state index in [1.165, 1.54) is 13.0 Å². The van der Waals surface area contributed by atoms with Gasteiger partial charge in [0, 0.05) is 28.7 Å². The summed E-state index contributed by atoms with van der Waals surface area (Å²) in [6.45, 7) is 4.90. The molecule has 7 heteroatoms. The molecule has 1 fully saturated rings. The minimum absolute atomic E-state index is 0.0736. The standard InChI is InChI=1S/C23H23N3O4/c1-14-10-18(15(2)26(14)21-8-9-21)11-19(12-24)23(29)30-13-22(28)25-20-6-4-17(5-7-20)16(3)27/h4-7,10-11,21H,8-9,13H2,1-3H3,(H,25,28)/b19-11+. The van der Waals surface area contributed by atoms with Crippen LogP contribution in [-0.4, -0.2) is 28.8 Å². The van der Waals surface area contributed by atoms with Crippen molar-refractivity contribution in [3.05, 3.63) is 58.4 Å². The average molecular weight is 405 g/mol. The van der Waals surface area contributed by atoms with Gasteiger partial charge in [0.25, 0.3) is 5.91 Å². The Hall–Kier alpha value is -3.66. The second kappa shape index (κ2) is 8.78. The lowest BCUT2D eigenvalue weighted by molar-refractivity contribution is -0.142. The monoisotopic (exact) mass is 405 g/mol. The van der Waals surface area contributed by atoms with Crippen molar-refractivity contribution in [2.24, 2.45) is 0 Å². The Morgan fingerprint density at radius 1 is 1.23 bits per heavy atom. The second-order valence-corrected chi connectivity index (χ2v) is 7.36.